The number of nitrogens with zero attached hydrogens (tertiary/aromatic N) is 1. The number of guanidine groups is 1. The van der Waals surface area contributed by atoms with E-state index >= 15 is 0 Å². The second-order valence-electron chi connectivity index (χ2n) is 3.22. The van der Waals surface area contributed by atoms with Crippen LogP contribution in [0.5, 0.6) is 0 Å². The molecule has 72 valence electrons. The lowest BCUT2D eigenvalue weighted by molar-refractivity contribution is 0.483. The molecule has 1 unspecified atom stereocenters. The Morgan fingerprint density at radius 3 is 2.67 bits per heavy atom. The van der Waals surface area contributed by atoms with E-state index in [9.17, 15) is 0 Å². The van der Waals surface area contributed by atoms with Crippen LogP contribution in [0.4, 0.5) is 0 Å². The van der Waals surface area contributed by atoms with Crippen LogP contribution >= 0.6 is 0 Å². The second-order valence-corrected chi connectivity index (χ2v) is 3.22. The van der Waals surface area contributed by atoms with Gasteiger partial charge in [0.2, 0.25) is 0 Å². The lowest BCUT2D eigenvalue weighted by Crippen LogP contribution is -2.32. The summed E-state index contributed by atoms with van der Waals surface area (Å²) < 4.78 is 0. The Balaban J connectivity index is 3.30. The van der Waals surface area contributed by atoms with E-state index in [1.54, 1.807) is 7.05 Å². The summed E-state index contributed by atoms with van der Waals surface area (Å²) >= 11 is 0. The molecule has 0 aromatic rings. The van der Waals surface area contributed by atoms with Crippen molar-refractivity contribution in [2.45, 2.75) is 33.1 Å². The van der Waals surface area contributed by atoms with Crippen LogP contribution in [0.25, 0.3) is 0 Å². The smallest absolute Gasteiger partial charge is 0.188 e. The summed E-state index contributed by atoms with van der Waals surface area (Å²) in [4.78, 5) is 3.81. The van der Waals surface area contributed by atoms with Crippen molar-refractivity contribution in [3.05, 3.63) is 0 Å². The lowest BCUT2D eigenvalue weighted by Gasteiger charge is -2.10. The first-order chi connectivity index (χ1) is 5.70. The average molecular weight is 171 g/mol. The maximum Gasteiger partial charge on any atom is 0.188 e. The molecule has 0 saturated carbocycles. The summed E-state index contributed by atoms with van der Waals surface area (Å²) in [5.41, 5.74) is 5.47. The lowest BCUT2D eigenvalue weighted by atomic mass is 10.0. The Morgan fingerprint density at radius 2 is 2.17 bits per heavy atom. The van der Waals surface area contributed by atoms with Gasteiger partial charge in [-0.2, -0.15) is 0 Å². The van der Waals surface area contributed by atoms with E-state index < -0.39 is 0 Å². The molecule has 0 aliphatic rings. The highest BCUT2D eigenvalue weighted by atomic mass is 15.1. The van der Waals surface area contributed by atoms with Crippen LogP contribution in [0.2, 0.25) is 0 Å². The third kappa shape index (κ3) is 6.01. The Labute approximate surface area is 75.4 Å². The molecule has 12 heavy (non-hydrogen) atoms. The third-order valence-corrected chi connectivity index (χ3v) is 1.97. The van der Waals surface area contributed by atoms with Crippen LogP contribution < -0.4 is 11.1 Å². The van der Waals surface area contributed by atoms with Gasteiger partial charge in [0.05, 0.1) is 0 Å². The van der Waals surface area contributed by atoms with Crippen LogP contribution in [0.1, 0.15) is 33.1 Å². The largest absolute Gasteiger partial charge is 0.370 e. The Bertz CT molecular complexity index is 132. The van der Waals surface area contributed by atoms with E-state index in [4.69, 9.17) is 5.73 Å². The van der Waals surface area contributed by atoms with E-state index in [1.807, 2.05) is 0 Å². The quantitative estimate of drug-likeness (QED) is 0.484. The highest BCUT2D eigenvalue weighted by Gasteiger charge is 1.99. The second kappa shape index (κ2) is 6.95. The van der Waals surface area contributed by atoms with Gasteiger partial charge in [-0.05, 0) is 12.3 Å². The van der Waals surface area contributed by atoms with Crippen molar-refractivity contribution in [1.29, 1.82) is 0 Å². The summed E-state index contributed by atoms with van der Waals surface area (Å²) in [5, 5.41) is 3.05. The van der Waals surface area contributed by atoms with Crippen molar-refractivity contribution in [3.8, 4) is 0 Å². The normalized spacial score (nSPS) is 14.4. The van der Waals surface area contributed by atoms with E-state index in [0.29, 0.717) is 5.96 Å². The average Bonchev–Trinajstić information content (AvgIpc) is 2.04. The minimum atomic E-state index is 0.540. The molecule has 1 atom stereocenters. The van der Waals surface area contributed by atoms with Crippen molar-refractivity contribution >= 4 is 5.96 Å². The van der Waals surface area contributed by atoms with Gasteiger partial charge in [-0.25, -0.2) is 0 Å². The predicted octanol–water partition coefficient (Wildman–Crippen LogP) is 1.35. The van der Waals surface area contributed by atoms with Gasteiger partial charge < -0.3 is 11.1 Å². The van der Waals surface area contributed by atoms with Gasteiger partial charge in [-0.1, -0.05) is 26.7 Å². The molecule has 0 amide bonds. The zero-order valence-electron chi connectivity index (χ0n) is 8.43. The van der Waals surface area contributed by atoms with Crippen molar-refractivity contribution in [2.24, 2.45) is 16.6 Å². The molecule has 0 aromatic heterocycles. The van der Waals surface area contributed by atoms with E-state index in [1.165, 1.54) is 19.3 Å². The summed E-state index contributed by atoms with van der Waals surface area (Å²) in [6.07, 6.45) is 3.73. The van der Waals surface area contributed by atoms with Crippen LogP contribution in [-0.4, -0.2) is 19.6 Å². The van der Waals surface area contributed by atoms with Crippen LogP contribution in [-0.2, 0) is 0 Å². The minimum Gasteiger partial charge on any atom is -0.370 e. The molecule has 0 saturated heterocycles. The number of nitrogens with one attached hydrogen (secondary N) is 1. The number of nitrogens with two attached hydrogens (primary N) is 1. The summed E-state index contributed by atoms with van der Waals surface area (Å²) in [6.45, 7) is 5.42. The van der Waals surface area contributed by atoms with E-state index in [-0.39, 0.29) is 0 Å². The first kappa shape index (κ1) is 11.3. The molecular weight excluding hydrogens is 150 g/mol. The van der Waals surface area contributed by atoms with Crippen molar-refractivity contribution < 1.29 is 0 Å². The van der Waals surface area contributed by atoms with E-state index in [2.05, 4.69) is 24.2 Å². The zero-order valence-corrected chi connectivity index (χ0v) is 8.43. The molecule has 0 aliphatic heterocycles. The third-order valence-electron chi connectivity index (χ3n) is 1.97. The summed E-state index contributed by atoms with van der Waals surface area (Å²) in [6, 6.07) is 0. The molecule has 0 rings (SSSR count). The highest BCUT2D eigenvalue weighted by molar-refractivity contribution is 5.77. The fourth-order valence-corrected chi connectivity index (χ4v) is 1.16. The molecule has 0 aliphatic carbocycles. The first-order valence-corrected chi connectivity index (χ1v) is 4.66. The monoisotopic (exact) mass is 171 g/mol. The molecule has 0 spiro atoms. The van der Waals surface area contributed by atoms with E-state index in [0.717, 1.165) is 12.5 Å². The number of aliphatic imine (C=N–C) groups is 1. The molecule has 3 nitrogen and oxygen atoms in total. The fraction of sp³-hybridized carbons (Fsp3) is 0.889. The minimum absolute atomic E-state index is 0.540. The summed E-state index contributed by atoms with van der Waals surface area (Å²) in [7, 11) is 1.69. The van der Waals surface area contributed by atoms with Gasteiger partial charge in [0.25, 0.3) is 0 Å². The molecule has 0 bridgehead atoms. The van der Waals surface area contributed by atoms with Gasteiger partial charge in [0.15, 0.2) is 5.96 Å². The molecule has 0 fully saturated rings. The topological polar surface area (TPSA) is 50.4 Å². The van der Waals surface area contributed by atoms with Crippen LogP contribution in [0, 0.1) is 5.92 Å². The first-order valence-electron chi connectivity index (χ1n) is 4.66. The maximum atomic E-state index is 5.47. The van der Waals surface area contributed by atoms with Gasteiger partial charge in [-0.3, -0.25) is 4.99 Å². The van der Waals surface area contributed by atoms with Gasteiger partial charge >= 0.3 is 0 Å². The Kier molecular flexibility index (Phi) is 6.53. The van der Waals surface area contributed by atoms with Crippen LogP contribution in [0.3, 0.4) is 0 Å². The molecular formula is C9H21N3. The number of hydrogen-bond donors (Lipinski definition) is 2. The summed E-state index contributed by atoms with van der Waals surface area (Å²) in [5.74, 6) is 1.32. The maximum absolute atomic E-state index is 5.47. The zero-order chi connectivity index (χ0) is 9.40. The standard InChI is InChI=1S/C9H21N3/c1-4-5-8(2)6-7-12-9(10)11-3/h8H,4-7H2,1-3H3,(H3,10,11,12). The number of rotatable bonds is 5. The molecule has 0 radical (unpaired) electrons. The van der Waals surface area contributed by atoms with Gasteiger partial charge in [0.1, 0.15) is 0 Å². The van der Waals surface area contributed by atoms with Crippen molar-refractivity contribution in [2.75, 3.05) is 13.6 Å². The Morgan fingerprint density at radius 1 is 1.50 bits per heavy atom. The van der Waals surface area contributed by atoms with Crippen LogP contribution in [0.15, 0.2) is 4.99 Å². The van der Waals surface area contributed by atoms with Crippen molar-refractivity contribution in [3.63, 3.8) is 0 Å². The molecule has 0 aromatic carbocycles. The Hall–Kier alpha value is -0.730. The van der Waals surface area contributed by atoms with Crippen molar-refractivity contribution in [1.82, 2.24) is 5.32 Å². The molecule has 0 heterocycles. The fourth-order valence-electron chi connectivity index (χ4n) is 1.16. The predicted molar refractivity (Wildman–Crippen MR) is 54.2 cm³/mol. The van der Waals surface area contributed by atoms with Gasteiger partial charge in [0, 0.05) is 13.6 Å². The highest BCUT2D eigenvalue weighted by Crippen LogP contribution is 2.07. The SMILES string of the molecule is CCCC(C)CCNC(N)=NC. The molecule has 3 heteroatoms. The molecule has 3 N–H and O–H groups in total. The number of hydrogen-bond acceptors (Lipinski definition) is 1. The van der Waals surface area contributed by atoms with Gasteiger partial charge in [-0.15, -0.1) is 0 Å².